The molecule has 1 aliphatic carbocycles. The Kier molecular flexibility index (Phi) is 8.26. The third-order valence-corrected chi connectivity index (χ3v) is 5.85. The molecule has 1 fully saturated rings. The fourth-order valence-corrected chi connectivity index (χ4v) is 3.70. The van der Waals surface area contributed by atoms with E-state index >= 15 is 0 Å². The van der Waals surface area contributed by atoms with Gasteiger partial charge < -0.3 is 10.2 Å². The lowest BCUT2D eigenvalue weighted by Gasteiger charge is -2.43. The van der Waals surface area contributed by atoms with Crippen molar-refractivity contribution in [2.45, 2.75) is 91.1 Å². The van der Waals surface area contributed by atoms with Gasteiger partial charge in [-0.1, -0.05) is 33.6 Å². The van der Waals surface area contributed by atoms with Crippen LogP contribution in [0.1, 0.15) is 79.6 Å². The SMILES string of the molecule is CCCNC1CCC(CCC)CC1CN(C)C(C)(C)CC. The van der Waals surface area contributed by atoms with Crippen molar-refractivity contribution in [3.63, 3.8) is 0 Å². The van der Waals surface area contributed by atoms with Gasteiger partial charge in [0.15, 0.2) is 0 Å². The standard InChI is InChI=1S/C19H40N2/c1-7-10-16-11-12-18(20-13-8-2)17(14-16)15-21(6)19(4,5)9-3/h16-18,20H,7-15H2,1-6H3. The minimum atomic E-state index is 0.326. The Morgan fingerprint density at radius 2 is 1.81 bits per heavy atom. The lowest BCUT2D eigenvalue weighted by molar-refractivity contribution is 0.0862. The molecule has 1 rings (SSSR count). The third kappa shape index (κ3) is 5.90. The maximum absolute atomic E-state index is 3.83. The molecule has 21 heavy (non-hydrogen) atoms. The van der Waals surface area contributed by atoms with Crippen molar-refractivity contribution in [2.75, 3.05) is 20.1 Å². The first-order chi connectivity index (χ1) is 9.94. The maximum atomic E-state index is 3.83. The van der Waals surface area contributed by atoms with Crippen LogP contribution in [0.4, 0.5) is 0 Å². The molecule has 3 atom stereocenters. The molecule has 0 spiro atoms. The summed E-state index contributed by atoms with van der Waals surface area (Å²) < 4.78 is 0. The van der Waals surface area contributed by atoms with E-state index in [1.54, 1.807) is 0 Å². The van der Waals surface area contributed by atoms with Crippen LogP contribution in [0.2, 0.25) is 0 Å². The van der Waals surface area contributed by atoms with Crippen LogP contribution in [0, 0.1) is 11.8 Å². The first-order valence-electron chi connectivity index (χ1n) is 9.39. The van der Waals surface area contributed by atoms with Crippen LogP contribution < -0.4 is 5.32 Å². The molecule has 0 aromatic rings. The molecule has 2 nitrogen and oxygen atoms in total. The quantitative estimate of drug-likeness (QED) is 0.664. The molecule has 1 N–H and O–H groups in total. The number of hydrogen-bond donors (Lipinski definition) is 1. The van der Waals surface area contributed by atoms with E-state index in [4.69, 9.17) is 0 Å². The van der Waals surface area contributed by atoms with Gasteiger partial charge in [-0.05, 0) is 71.4 Å². The Labute approximate surface area is 134 Å². The summed E-state index contributed by atoms with van der Waals surface area (Å²) in [5, 5.41) is 3.83. The number of rotatable bonds is 9. The molecule has 126 valence electrons. The van der Waals surface area contributed by atoms with E-state index in [0.717, 1.165) is 17.9 Å². The van der Waals surface area contributed by atoms with Gasteiger partial charge in [-0.3, -0.25) is 0 Å². The Balaban J connectivity index is 2.64. The van der Waals surface area contributed by atoms with Crippen LogP contribution in [0.5, 0.6) is 0 Å². The van der Waals surface area contributed by atoms with Gasteiger partial charge in [-0.15, -0.1) is 0 Å². The number of hydrogen-bond acceptors (Lipinski definition) is 2. The van der Waals surface area contributed by atoms with Gasteiger partial charge in [-0.25, -0.2) is 0 Å². The fraction of sp³-hybridized carbons (Fsp3) is 1.00. The molecule has 1 aliphatic rings. The molecule has 0 heterocycles. The van der Waals surface area contributed by atoms with E-state index < -0.39 is 0 Å². The van der Waals surface area contributed by atoms with E-state index in [0.29, 0.717) is 5.54 Å². The van der Waals surface area contributed by atoms with E-state index in [-0.39, 0.29) is 0 Å². The molecule has 0 saturated heterocycles. The van der Waals surface area contributed by atoms with Crippen molar-refractivity contribution < 1.29 is 0 Å². The van der Waals surface area contributed by atoms with Crippen LogP contribution in [0.25, 0.3) is 0 Å². The average molecular weight is 297 g/mol. The molecule has 2 heteroatoms. The fourth-order valence-electron chi connectivity index (χ4n) is 3.70. The third-order valence-electron chi connectivity index (χ3n) is 5.85. The lowest BCUT2D eigenvalue weighted by Crippen LogP contribution is -2.50. The van der Waals surface area contributed by atoms with Gasteiger partial charge in [0, 0.05) is 18.1 Å². The van der Waals surface area contributed by atoms with E-state index in [9.17, 15) is 0 Å². The zero-order valence-electron chi connectivity index (χ0n) is 15.5. The maximum Gasteiger partial charge on any atom is 0.0147 e. The lowest BCUT2D eigenvalue weighted by atomic mass is 9.75. The van der Waals surface area contributed by atoms with E-state index in [1.807, 2.05) is 0 Å². The van der Waals surface area contributed by atoms with Crippen LogP contribution >= 0.6 is 0 Å². The van der Waals surface area contributed by atoms with Gasteiger partial charge in [-0.2, -0.15) is 0 Å². The first-order valence-corrected chi connectivity index (χ1v) is 9.39. The summed E-state index contributed by atoms with van der Waals surface area (Å²) in [5.74, 6) is 1.80. The Morgan fingerprint density at radius 1 is 1.10 bits per heavy atom. The molecule has 0 radical (unpaired) electrons. The minimum Gasteiger partial charge on any atom is -0.314 e. The van der Waals surface area contributed by atoms with Gasteiger partial charge in [0.05, 0.1) is 0 Å². The van der Waals surface area contributed by atoms with Crippen LogP contribution in [0.3, 0.4) is 0 Å². The average Bonchev–Trinajstić information content (AvgIpc) is 2.46. The van der Waals surface area contributed by atoms with E-state index in [2.05, 4.69) is 51.9 Å². The van der Waals surface area contributed by atoms with E-state index in [1.165, 1.54) is 58.0 Å². The van der Waals surface area contributed by atoms with Crippen molar-refractivity contribution in [1.82, 2.24) is 10.2 Å². The molecule has 0 amide bonds. The highest BCUT2D eigenvalue weighted by atomic mass is 15.2. The predicted octanol–water partition coefficient (Wildman–Crippen LogP) is 4.69. The first kappa shape index (κ1) is 19.0. The van der Waals surface area contributed by atoms with Crippen molar-refractivity contribution in [2.24, 2.45) is 11.8 Å². The summed E-state index contributed by atoms with van der Waals surface area (Å²) in [6.45, 7) is 14.1. The smallest absolute Gasteiger partial charge is 0.0147 e. The van der Waals surface area contributed by atoms with Crippen molar-refractivity contribution in [3.8, 4) is 0 Å². The van der Waals surface area contributed by atoms with Crippen molar-refractivity contribution >= 4 is 0 Å². The highest BCUT2D eigenvalue weighted by molar-refractivity contribution is 4.89. The largest absolute Gasteiger partial charge is 0.314 e. The van der Waals surface area contributed by atoms with Gasteiger partial charge in [0.25, 0.3) is 0 Å². The molecule has 3 unspecified atom stereocenters. The zero-order valence-corrected chi connectivity index (χ0v) is 15.5. The van der Waals surface area contributed by atoms with Crippen molar-refractivity contribution in [3.05, 3.63) is 0 Å². The summed E-state index contributed by atoms with van der Waals surface area (Å²) in [7, 11) is 2.32. The molecule has 0 aromatic carbocycles. The number of nitrogens with zero attached hydrogens (tertiary/aromatic N) is 1. The van der Waals surface area contributed by atoms with Crippen molar-refractivity contribution in [1.29, 1.82) is 0 Å². The topological polar surface area (TPSA) is 15.3 Å². The Bertz CT molecular complexity index is 275. The van der Waals surface area contributed by atoms with Crippen LogP contribution in [-0.2, 0) is 0 Å². The summed E-state index contributed by atoms with van der Waals surface area (Å²) in [6.07, 6.45) is 9.50. The van der Waals surface area contributed by atoms with Gasteiger partial charge in [0.1, 0.15) is 0 Å². The summed E-state index contributed by atoms with van der Waals surface area (Å²) >= 11 is 0. The molecule has 0 aliphatic heterocycles. The normalized spacial score (nSPS) is 27.3. The molecular weight excluding hydrogens is 256 g/mol. The second kappa shape index (κ2) is 9.15. The number of nitrogens with one attached hydrogen (secondary N) is 1. The summed E-state index contributed by atoms with van der Waals surface area (Å²) in [4.78, 5) is 2.60. The summed E-state index contributed by atoms with van der Waals surface area (Å²) in [5.41, 5.74) is 0.326. The van der Waals surface area contributed by atoms with Crippen LogP contribution in [0.15, 0.2) is 0 Å². The summed E-state index contributed by atoms with van der Waals surface area (Å²) in [6, 6.07) is 0.744. The molecule has 0 aromatic heterocycles. The predicted molar refractivity (Wildman–Crippen MR) is 94.8 cm³/mol. The molecule has 1 saturated carbocycles. The molecular formula is C19H40N2. The monoisotopic (exact) mass is 296 g/mol. The minimum absolute atomic E-state index is 0.326. The Hall–Kier alpha value is -0.0800. The molecule has 0 bridgehead atoms. The zero-order chi connectivity index (χ0) is 15.9. The van der Waals surface area contributed by atoms with Crippen LogP contribution in [-0.4, -0.2) is 36.6 Å². The van der Waals surface area contributed by atoms with Gasteiger partial charge >= 0.3 is 0 Å². The highest BCUT2D eigenvalue weighted by Gasteiger charge is 2.32. The second-order valence-corrected chi connectivity index (χ2v) is 7.83. The van der Waals surface area contributed by atoms with Gasteiger partial charge in [0.2, 0.25) is 0 Å². The highest BCUT2D eigenvalue weighted by Crippen LogP contribution is 2.34. The second-order valence-electron chi connectivity index (χ2n) is 7.83. The Morgan fingerprint density at radius 3 is 2.38 bits per heavy atom.